The number of carbonyl (C=O) groups is 1. The third-order valence-electron chi connectivity index (χ3n) is 4.61. The van der Waals surface area contributed by atoms with Crippen LogP contribution >= 0.6 is 0 Å². The molecular weight excluding hydrogens is 260 g/mol. The van der Waals surface area contributed by atoms with Crippen molar-refractivity contribution in [3.63, 3.8) is 0 Å². The van der Waals surface area contributed by atoms with Gasteiger partial charge in [-0.15, -0.1) is 0 Å². The van der Waals surface area contributed by atoms with E-state index in [1.165, 1.54) is 19.3 Å². The Labute approximate surface area is 128 Å². The van der Waals surface area contributed by atoms with Crippen molar-refractivity contribution in [3.05, 3.63) is 29.8 Å². The van der Waals surface area contributed by atoms with Gasteiger partial charge in [-0.2, -0.15) is 0 Å². The highest BCUT2D eigenvalue weighted by molar-refractivity contribution is 5.99. The van der Waals surface area contributed by atoms with Gasteiger partial charge in [-0.1, -0.05) is 38.8 Å². The van der Waals surface area contributed by atoms with E-state index in [4.69, 9.17) is 0 Å². The zero-order chi connectivity index (χ0) is 15.2. The summed E-state index contributed by atoms with van der Waals surface area (Å²) in [6.07, 6.45) is 5.96. The molecule has 2 atom stereocenters. The number of benzene rings is 1. The van der Waals surface area contributed by atoms with E-state index in [9.17, 15) is 4.79 Å². The monoisotopic (exact) mass is 288 g/mol. The molecule has 1 aliphatic rings. The summed E-state index contributed by atoms with van der Waals surface area (Å²) in [4.78, 5) is 14.8. The Kier molecular flexibility index (Phi) is 5.66. The maximum absolute atomic E-state index is 12.9. The number of anilines is 1. The van der Waals surface area contributed by atoms with Crippen LogP contribution in [0.3, 0.4) is 0 Å². The average Bonchev–Trinajstić information content (AvgIpc) is 2.52. The van der Waals surface area contributed by atoms with Gasteiger partial charge < -0.3 is 10.2 Å². The van der Waals surface area contributed by atoms with Crippen LogP contribution in [0.1, 0.15) is 56.3 Å². The van der Waals surface area contributed by atoms with Crippen molar-refractivity contribution in [1.29, 1.82) is 0 Å². The van der Waals surface area contributed by atoms with E-state index >= 15 is 0 Å². The fraction of sp³-hybridized carbons (Fsp3) is 0.611. The predicted molar refractivity (Wildman–Crippen MR) is 88.7 cm³/mol. The molecule has 0 saturated heterocycles. The van der Waals surface area contributed by atoms with Crippen molar-refractivity contribution in [2.24, 2.45) is 5.92 Å². The van der Waals surface area contributed by atoms with Crippen molar-refractivity contribution >= 4 is 11.6 Å². The molecule has 0 heterocycles. The molecule has 0 spiro atoms. The van der Waals surface area contributed by atoms with Gasteiger partial charge in [-0.3, -0.25) is 4.79 Å². The molecule has 0 radical (unpaired) electrons. The quantitative estimate of drug-likeness (QED) is 0.882. The third kappa shape index (κ3) is 3.78. The number of carbonyl (C=O) groups excluding carboxylic acids is 1. The molecule has 0 bridgehead atoms. The summed E-state index contributed by atoms with van der Waals surface area (Å²) in [5.74, 6) is 0.747. The van der Waals surface area contributed by atoms with Crippen LogP contribution in [0.15, 0.2) is 24.3 Å². The second-order valence-corrected chi connectivity index (χ2v) is 6.22. The van der Waals surface area contributed by atoms with Crippen molar-refractivity contribution in [1.82, 2.24) is 4.90 Å². The smallest absolute Gasteiger partial charge is 0.255 e. The van der Waals surface area contributed by atoms with Crippen LogP contribution in [0.2, 0.25) is 0 Å². The van der Waals surface area contributed by atoms with Crippen LogP contribution in [0.5, 0.6) is 0 Å². The molecule has 0 aliphatic heterocycles. The van der Waals surface area contributed by atoms with Gasteiger partial charge >= 0.3 is 0 Å². The van der Waals surface area contributed by atoms with E-state index in [0.717, 1.165) is 30.6 Å². The summed E-state index contributed by atoms with van der Waals surface area (Å²) < 4.78 is 0. The molecule has 1 amide bonds. The molecule has 1 aromatic rings. The summed E-state index contributed by atoms with van der Waals surface area (Å²) in [7, 11) is 1.96. The normalized spacial score (nSPS) is 21.9. The highest BCUT2D eigenvalue weighted by Gasteiger charge is 2.29. The molecule has 21 heavy (non-hydrogen) atoms. The molecule has 0 aromatic heterocycles. The molecule has 1 aliphatic carbocycles. The highest BCUT2D eigenvalue weighted by Crippen LogP contribution is 2.29. The summed E-state index contributed by atoms with van der Waals surface area (Å²) in [5.41, 5.74) is 1.76. The first-order valence-electron chi connectivity index (χ1n) is 8.25. The third-order valence-corrected chi connectivity index (χ3v) is 4.61. The summed E-state index contributed by atoms with van der Waals surface area (Å²) in [6.45, 7) is 5.30. The number of amides is 1. The lowest BCUT2D eigenvalue weighted by atomic mass is 9.85. The van der Waals surface area contributed by atoms with Gasteiger partial charge in [0.2, 0.25) is 0 Å². The molecule has 3 heteroatoms. The summed E-state index contributed by atoms with van der Waals surface area (Å²) in [5, 5.41) is 3.37. The molecule has 2 rings (SSSR count). The Bertz CT molecular complexity index is 472. The number of hydrogen-bond acceptors (Lipinski definition) is 2. The van der Waals surface area contributed by atoms with E-state index in [-0.39, 0.29) is 5.91 Å². The van der Waals surface area contributed by atoms with Crippen molar-refractivity contribution in [3.8, 4) is 0 Å². The highest BCUT2D eigenvalue weighted by atomic mass is 16.2. The molecule has 2 unspecified atom stereocenters. The van der Waals surface area contributed by atoms with E-state index in [1.54, 1.807) is 0 Å². The molecule has 1 saturated carbocycles. The maximum atomic E-state index is 12.9. The lowest BCUT2D eigenvalue weighted by Crippen LogP contribution is -2.42. The molecule has 116 valence electrons. The maximum Gasteiger partial charge on any atom is 0.255 e. The minimum absolute atomic E-state index is 0.146. The van der Waals surface area contributed by atoms with Gasteiger partial charge in [0.05, 0.1) is 5.56 Å². The Morgan fingerprint density at radius 1 is 1.29 bits per heavy atom. The first-order valence-corrected chi connectivity index (χ1v) is 8.25. The van der Waals surface area contributed by atoms with Crippen LogP contribution in [0, 0.1) is 5.92 Å². The van der Waals surface area contributed by atoms with Crippen LogP contribution in [-0.4, -0.2) is 30.4 Å². The number of nitrogens with one attached hydrogen (secondary N) is 1. The van der Waals surface area contributed by atoms with E-state index < -0.39 is 0 Å². The molecule has 1 fully saturated rings. The summed E-state index contributed by atoms with van der Waals surface area (Å²) in [6, 6.07) is 8.25. The minimum Gasteiger partial charge on any atom is -0.384 e. The van der Waals surface area contributed by atoms with E-state index in [0.29, 0.717) is 12.0 Å². The minimum atomic E-state index is 0.146. The Balaban J connectivity index is 2.15. The number of nitrogens with zero attached hydrogens (tertiary/aromatic N) is 1. The fourth-order valence-corrected chi connectivity index (χ4v) is 3.30. The largest absolute Gasteiger partial charge is 0.384 e. The second kappa shape index (κ2) is 7.48. The van der Waals surface area contributed by atoms with Crippen LogP contribution in [0.4, 0.5) is 5.69 Å². The van der Waals surface area contributed by atoms with Crippen LogP contribution in [0.25, 0.3) is 0 Å². The van der Waals surface area contributed by atoms with Gasteiger partial charge in [-0.05, 0) is 37.3 Å². The molecule has 3 nitrogen and oxygen atoms in total. The van der Waals surface area contributed by atoms with E-state index in [1.807, 2.05) is 36.2 Å². The van der Waals surface area contributed by atoms with Crippen LogP contribution in [-0.2, 0) is 0 Å². The zero-order valence-corrected chi connectivity index (χ0v) is 13.6. The summed E-state index contributed by atoms with van der Waals surface area (Å²) >= 11 is 0. The van der Waals surface area contributed by atoms with Gasteiger partial charge in [0, 0.05) is 25.3 Å². The first-order chi connectivity index (χ1) is 10.1. The molecule has 1 aromatic carbocycles. The predicted octanol–water partition coefficient (Wildman–Crippen LogP) is 4.16. The Morgan fingerprint density at radius 2 is 2.00 bits per heavy atom. The van der Waals surface area contributed by atoms with Gasteiger partial charge in [0.1, 0.15) is 0 Å². The number of hydrogen-bond donors (Lipinski definition) is 1. The zero-order valence-electron chi connectivity index (χ0n) is 13.6. The molecular formula is C18H28N2O. The van der Waals surface area contributed by atoms with Crippen LogP contribution < -0.4 is 5.32 Å². The topological polar surface area (TPSA) is 32.3 Å². The lowest BCUT2D eigenvalue weighted by Gasteiger charge is -2.36. The van der Waals surface area contributed by atoms with Crippen molar-refractivity contribution in [2.75, 3.05) is 18.9 Å². The standard InChI is InChI=1S/C18H28N2O/c1-4-13-19-16-11-7-6-10-15(16)18(21)20(3)17-12-8-5-9-14(17)2/h6-7,10-11,14,17,19H,4-5,8-9,12-13H2,1-3H3. The fourth-order valence-electron chi connectivity index (χ4n) is 3.30. The van der Waals surface area contributed by atoms with Gasteiger partial charge in [-0.25, -0.2) is 0 Å². The second-order valence-electron chi connectivity index (χ2n) is 6.22. The Morgan fingerprint density at radius 3 is 2.71 bits per heavy atom. The van der Waals surface area contributed by atoms with E-state index in [2.05, 4.69) is 19.2 Å². The Hall–Kier alpha value is -1.51. The molecule has 1 N–H and O–H groups in total. The lowest BCUT2D eigenvalue weighted by molar-refractivity contribution is 0.0630. The number of para-hydroxylation sites is 1. The van der Waals surface area contributed by atoms with Crippen molar-refractivity contribution in [2.45, 2.75) is 52.0 Å². The first kappa shape index (κ1) is 15.9. The van der Waals surface area contributed by atoms with Crippen molar-refractivity contribution < 1.29 is 4.79 Å². The van der Waals surface area contributed by atoms with Gasteiger partial charge in [0.25, 0.3) is 5.91 Å². The number of rotatable bonds is 5. The average molecular weight is 288 g/mol. The SMILES string of the molecule is CCCNc1ccccc1C(=O)N(C)C1CCCCC1C. The van der Waals surface area contributed by atoms with Gasteiger partial charge in [0.15, 0.2) is 0 Å².